The summed E-state index contributed by atoms with van der Waals surface area (Å²) < 4.78 is 28.4. The van der Waals surface area contributed by atoms with Crippen LogP contribution in [0.3, 0.4) is 0 Å². The Kier molecular flexibility index (Phi) is 8.20. The highest BCUT2D eigenvalue weighted by molar-refractivity contribution is 9.10. The highest BCUT2D eigenvalue weighted by Crippen LogP contribution is 2.21. The maximum atomic E-state index is 13.2. The summed E-state index contributed by atoms with van der Waals surface area (Å²) in [7, 11) is -3.94. The van der Waals surface area contributed by atoms with E-state index in [9.17, 15) is 13.2 Å². The molecule has 32 heavy (non-hydrogen) atoms. The molecular formula is C23H21BrClN3O3S. The fourth-order valence-electron chi connectivity index (χ4n) is 2.90. The third-order valence-electron chi connectivity index (χ3n) is 4.49. The molecule has 0 atom stereocenters. The molecular weight excluding hydrogens is 514 g/mol. The Labute approximate surface area is 201 Å². The molecule has 3 aromatic carbocycles. The van der Waals surface area contributed by atoms with Gasteiger partial charge in [-0.05, 0) is 54.4 Å². The number of hydrogen-bond donors (Lipinski definition) is 1. The van der Waals surface area contributed by atoms with Crippen molar-refractivity contribution in [3.8, 4) is 0 Å². The molecule has 0 aliphatic carbocycles. The molecule has 3 rings (SSSR count). The van der Waals surface area contributed by atoms with E-state index >= 15 is 0 Å². The third kappa shape index (κ3) is 6.74. The fourth-order valence-corrected chi connectivity index (χ4v) is 4.67. The third-order valence-corrected chi connectivity index (χ3v) is 7.08. The second kappa shape index (κ2) is 10.9. The predicted octanol–water partition coefficient (Wildman–Crippen LogP) is 4.75. The van der Waals surface area contributed by atoms with Crippen molar-refractivity contribution < 1.29 is 13.2 Å². The summed E-state index contributed by atoms with van der Waals surface area (Å²) in [5.41, 5.74) is 4.99. The molecule has 0 aromatic heterocycles. The van der Waals surface area contributed by atoms with Gasteiger partial charge in [0.15, 0.2) is 0 Å². The number of hydrazone groups is 1. The quantitative estimate of drug-likeness (QED) is 0.335. The SMILES string of the molecule is Cc1cccc(/C=N\NC(=O)CN(Cc2ccc(Cl)cc2)S(=O)(=O)c2ccc(Br)cc2)c1. The molecule has 1 N–H and O–H groups in total. The topological polar surface area (TPSA) is 78.8 Å². The van der Waals surface area contributed by atoms with E-state index in [-0.39, 0.29) is 11.4 Å². The number of sulfonamides is 1. The minimum Gasteiger partial charge on any atom is -0.272 e. The van der Waals surface area contributed by atoms with Gasteiger partial charge in [0.25, 0.3) is 5.91 Å². The standard InChI is InChI=1S/C23H21BrClN3O3S/c1-17-3-2-4-19(13-17)14-26-27-23(29)16-28(15-18-5-9-21(25)10-6-18)32(30,31)22-11-7-20(24)8-12-22/h2-14H,15-16H2,1H3,(H,27,29)/b26-14-. The minimum absolute atomic E-state index is 0.00454. The number of carbonyl (C=O) groups excluding carboxylic acids is 1. The molecule has 0 saturated heterocycles. The lowest BCUT2D eigenvalue weighted by Gasteiger charge is -2.21. The highest BCUT2D eigenvalue weighted by Gasteiger charge is 2.27. The summed E-state index contributed by atoms with van der Waals surface area (Å²) in [6, 6.07) is 20.7. The number of nitrogens with one attached hydrogen (secondary N) is 1. The number of benzene rings is 3. The van der Waals surface area contributed by atoms with Crippen LogP contribution in [0.2, 0.25) is 5.02 Å². The van der Waals surface area contributed by atoms with Crippen LogP contribution in [0.5, 0.6) is 0 Å². The summed E-state index contributed by atoms with van der Waals surface area (Å²) in [5, 5.41) is 4.49. The Hall–Kier alpha value is -2.52. The summed E-state index contributed by atoms with van der Waals surface area (Å²) >= 11 is 9.24. The van der Waals surface area contributed by atoms with Crippen molar-refractivity contribution in [2.45, 2.75) is 18.4 Å². The van der Waals surface area contributed by atoms with Gasteiger partial charge < -0.3 is 0 Å². The second-order valence-corrected chi connectivity index (χ2v) is 10.4. The van der Waals surface area contributed by atoms with Crippen LogP contribution in [-0.4, -0.2) is 31.4 Å². The summed E-state index contributed by atoms with van der Waals surface area (Å²) in [4.78, 5) is 12.6. The summed E-state index contributed by atoms with van der Waals surface area (Å²) in [6.07, 6.45) is 1.51. The van der Waals surface area contributed by atoms with Crippen molar-refractivity contribution >= 4 is 49.7 Å². The molecule has 0 heterocycles. The predicted molar refractivity (Wildman–Crippen MR) is 130 cm³/mol. The first-order chi connectivity index (χ1) is 15.2. The van der Waals surface area contributed by atoms with Crippen molar-refractivity contribution in [2.24, 2.45) is 5.10 Å². The Morgan fingerprint density at radius 3 is 2.44 bits per heavy atom. The van der Waals surface area contributed by atoms with E-state index in [0.717, 1.165) is 19.9 Å². The molecule has 166 valence electrons. The molecule has 1 amide bonds. The zero-order chi connectivity index (χ0) is 23.1. The normalized spacial score (nSPS) is 11.8. The van der Waals surface area contributed by atoms with Gasteiger partial charge in [-0.25, -0.2) is 13.8 Å². The molecule has 0 radical (unpaired) electrons. The average molecular weight is 535 g/mol. The van der Waals surface area contributed by atoms with Gasteiger partial charge in [0.2, 0.25) is 10.0 Å². The van der Waals surface area contributed by atoms with Crippen LogP contribution in [0.4, 0.5) is 0 Å². The summed E-state index contributed by atoms with van der Waals surface area (Å²) in [6.45, 7) is 1.56. The van der Waals surface area contributed by atoms with Crippen LogP contribution in [0, 0.1) is 6.92 Å². The number of nitrogens with zero attached hydrogens (tertiary/aromatic N) is 2. The first-order valence-corrected chi connectivity index (χ1v) is 12.2. The maximum Gasteiger partial charge on any atom is 0.255 e. The van der Waals surface area contributed by atoms with Gasteiger partial charge in [-0.1, -0.05) is 69.5 Å². The molecule has 0 saturated carbocycles. The smallest absolute Gasteiger partial charge is 0.255 e. The van der Waals surface area contributed by atoms with E-state index < -0.39 is 22.5 Å². The summed E-state index contributed by atoms with van der Waals surface area (Å²) in [5.74, 6) is -0.552. The van der Waals surface area contributed by atoms with E-state index in [4.69, 9.17) is 11.6 Å². The molecule has 3 aromatic rings. The zero-order valence-corrected chi connectivity index (χ0v) is 20.4. The lowest BCUT2D eigenvalue weighted by molar-refractivity contribution is -0.121. The van der Waals surface area contributed by atoms with Crippen LogP contribution in [0.1, 0.15) is 16.7 Å². The average Bonchev–Trinajstić information content (AvgIpc) is 2.75. The maximum absolute atomic E-state index is 13.2. The van der Waals surface area contributed by atoms with Gasteiger partial charge >= 0.3 is 0 Å². The van der Waals surface area contributed by atoms with Crippen LogP contribution in [0.25, 0.3) is 0 Å². The largest absolute Gasteiger partial charge is 0.272 e. The molecule has 0 spiro atoms. The molecule has 0 unspecified atom stereocenters. The number of amides is 1. The van der Waals surface area contributed by atoms with Crippen molar-refractivity contribution in [1.29, 1.82) is 0 Å². The van der Waals surface area contributed by atoms with Crippen LogP contribution in [-0.2, 0) is 21.4 Å². The van der Waals surface area contributed by atoms with E-state index in [1.807, 2.05) is 31.2 Å². The number of rotatable bonds is 8. The lowest BCUT2D eigenvalue weighted by Crippen LogP contribution is -2.39. The Morgan fingerprint density at radius 1 is 1.09 bits per heavy atom. The van der Waals surface area contributed by atoms with Gasteiger partial charge in [0, 0.05) is 16.0 Å². The van der Waals surface area contributed by atoms with Gasteiger partial charge in [0.1, 0.15) is 0 Å². The molecule has 6 nitrogen and oxygen atoms in total. The van der Waals surface area contributed by atoms with Gasteiger partial charge in [-0.3, -0.25) is 4.79 Å². The van der Waals surface area contributed by atoms with E-state index in [1.165, 1.54) is 18.3 Å². The van der Waals surface area contributed by atoms with Crippen molar-refractivity contribution in [1.82, 2.24) is 9.73 Å². The van der Waals surface area contributed by atoms with Gasteiger partial charge in [-0.2, -0.15) is 9.41 Å². The first-order valence-electron chi connectivity index (χ1n) is 9.63. The van der Waals surface area contributed by atoms with Gasteiger partial charge in [-0.15, -0.1) is 0 Å². The molecule has 0 aliphatic heterocycles. The monoisotopic (exact) mass is 533 g/mol. The van der Waals surface area contributed by atoms with E-state index in [0.29, 0.717) is 10.6 Å². The molecule has 9 heteroatoms. The second-order valence-electron chi connectivity index (χ2n) is 7.06. The minimum atomic E-state index is -3.94. The lowest BCUT2D eigenvalue weighted by atomic mass is 10.2. The van der Waals surface area contributed by atoms with Crippen molar-refractivity contribution in [3.63, 3.8) is 0 Å². The number of hydrogen-bond acceptors (Lipinski definition) is 4. The van der Waals surface area contributed by atoms with Crippen LogP contribution < -0.4 is 5.43 Å². The van der Waals surface area contributed by atoms with Crippen LogP contribution >= 0.6 is 27.5 Å². The number of carbonyl (C=O) groups is 1. The van der Waals surface area contributed by atoms with Crippen molar-refractivity contribution in [2.75, 3.05) is 6.54 Å². The number of halogens is 2. The van der Waals surface area contributed by atoms with Gasteiger partial charge in [0.05, 0.1) is 17.7 Å². The zero-order valence-electron chi connectivity index (χ0n) is 17.2. The van der Waals surface area contributed by atoms with E-state index in [1.54, 1.807) is 36.4 Å². The van der Waals surface area contributed by atoms with Crippen LogP contribution in [0.15, 0.2) is 87.3 Å². The number of aryl methyl sites for hydroxylation is 1. The molecule has 0 bridgehead atoms. The fraction of sp³-hybridized carbons (Fsp3) is 0.130. The Balaban J connectivity index is 1.79. The van der Waals surface area contributed by atoms with Crippen molar-refractivity contribution in [3.05, 3.63) is 99.0 Å². The highest BCUT2D eigenvalue weighted by atomic mass is 79.9. The molecule has 0 aliphatic rings. The first kappa shape index (κ1) is 24.1. The van der Waals surface area contributed by atoms with E-state index in [2.05, 4.69) is 26.5 Å². The Bertz CT molecular complexity index is 1210. The molecule has 0 fully saturated rings. The Morgan fingerprint density at radius 2 is 1.78 bits per heavy atom.